The van der Waals surface area contributed by atoms with E-state index in [-0.39, 0.29) is 10.6 Å². The SMILES string of the molecule is CC1CCc2c(sc(NC(=O)c3c(F)cccc3F)c2C(N)=O)C1. The molecule has 1 aliphatic carbocycles. The smallest absolute Gasteiger partial charge is 0.262 e. The highest BCUT2D eigenvalue weighted by atomic mass is 32.1. The van der Waals surface area contributed by atoms with Crippen molar-refractivity contribution in [3.63, 3.8) is 0 Å². The van der Waals surface area contributed by atoms with Crippen LogP contribution in [0.3, 0.4) is 0 Å². The summed E-state index contributed by atoms with van der Waals surface area (Å²) in [4.78, 5) is 25.1. The molecule has 0 bridgehead atoms. The van der Waals surface area contributed by atoms with Gasteiger partial charge >= 0.3 is 0 Å². The fourth-order valence-corrected chi connectivity index (χ4v) is 4.39. The molecule has 0 aliphatic heterocycles. The molecule has 1 aliphatic rings. The number of nitrogens with two attached hydrogens (primary N) is 1. The Labute approximate surface area is 141 Å². The number of anilines is 1. The lowest BCUT2D eigenvalue weighted by Gasteiger charge is -2.18. The molecule has 1 heterocycles. The van der Waals surface area contributed by atoms with Crippen LogP contribution in [0, 0.1) is 17.6 Å². The molecule has 3 N–H and O–H groups in total. The summed E-state index contributed by atoms with van der Waals surface area (Å²) >= 11 is 1.25. The van der Waals surface area contributed by atoms with Gasteiger partial charge in [0.1, 0.15) is 22.2 Å². The van der Waals surface area contributed by atoms with E-state index in [1.807, 2.05) is 0 Å². The molecular weight excluding hydrogens is 334 g/mol. The monoisotopic (exact) mass is 350 g/mol. The highest BCUT2D eigenvalue weighted by molar-refractivity contribution is 7.17. The Bertz CT molecular complexity index is 812. The van der Waals surface area contributed by atoms with E-state index in [0.29, 0.717) is 12.3 Å². The number of amides is 2. The van der Waals surface area contributed by atoms with Crippen molar-refractivity contribution in [2.24, 2.45) is 11.7 Å². The number of benzene rings is 1. The Morgan fingerprint density at radius 1 is 1.25 bits per heavy atom. The standard InChI is InChI=1S/C17H16F2N2O2S/c1-8-5-6-9-12(7-8)24-17(13(9)15(20)22)21-16(23)14-10(18)3-2-4-11(14)19/h2-4,8H,5-7H2,1H3,(H2,20,22)(H,21,23). The van der Waals surface area contributed by atoms with Crippen LogP contribution in [0.1, 0.15) is 44.5 Å². The number of hydrogen-bond donors (Lipinski definition) is 2. The number of rotatable bonds is 3. The first-order valence-electron chi connectivity index (χ1n) is 7.58. The zero-order valence-corrected chi connectivity index (χ0v) is 13.8. The van der Waals surface area contributed by atoms with Crippen LogP contribution in [0.2, 0.25) is 0 Å². The molecule has 0 radical (unpaired) electrons. The summed E-state index contributed by atoms with van der Waals surface area (Å²) in [6.07, 6.45) is 2.43. The van der Waals surface area contributed by atoms with Crippen molar-refractivity contribution in [3.8, 4) is 0 Å². The predicted octanol–water partition coefficient (Wildman–Crippen LogP) is 3.50. The minimum atomic E-state index is -0.955. The first-order chi connectivity index (χ1) is 11.4. The Morgan fingerprint density at radius 2 is 1.92 bits per heavy atom. The zero-order valence-electron chi connectivity index (χ0n) is 13.0. The van der Waals surface area contributed by atoms with Crippen molar-refractivity contribution in [3.05, 3.63) is 51.4 Å². The summed E-state index contributed by atoms with van der Waals surface area (Å²) in [6.45, 7) is 2.11. The van der Waals surface area contributed by atoms with Crippen LogP contribution in [0.15, 0.2) is 18.2 Å². The predicted molar refractivity (Wildman–Crippen MR) is 88.3 cm³/mol. The summed E-state index contributed by atoms with van der Waals surface area (Å²) in [5.41, 5.74) is 5.89. The number of hydrogen-bond acceptors (Lipinski definition) is 3. The number of halogens is 2. The van der Waals surface area contributed by atoms with E-state index in [1.165, 1.54) is 17.4 Å². The van der Waals surface area contributed by atoms with Gasteiger partial charge in [-0.05, 0) is 42.9 Å². The van der Waals surface area contributed by atoms with Crippen molar-refractivity contribution in [1.82, 2.24) is 0 Å². The molecule has 1 unspecified atom stereocenters. The van der Waals surface area contributed by atoms with E-state index in [1.54, 1.807) is 0 Å². The molecule has 0 saturated carbocycles. The third kappa shape index (κ3) is 2.91. The lowest BCUT2D eigenvalue weighted by atomic mass is 9.88. The van der Waals surface area contributed by atoms with Crippen LogP contribution in [-0.4, -0.2) is 11.8 Å². The van der Waals surface area contributed by atoms with Gasteiger partial charge in [-0.15, -0.1) is 11.3 Å². The lowest BCUT2D eigenvalue weighted by Crippen LogP contribution is -2.20. The van der Waals surface area contributed by atoms with Crippen LogP contribution < -0.4 is 11.1 Å². The van der Waals surface area contributed by atoms with E-state index in [0.717, 1.165) is 35.4 Å². The highest BCUT2D eigenvalue weighted by Crippen LogP contribution is 2.39. The molecule has 1 aromatic carbocycles. The van der Waals surface area contributed by atoms with Gasteiger partial charge in [0.05, 0.1) is 5.56 Å². The Balaban J connectivity index is 1.98. The average molecular weight is 350 g/mol. The number of carbonyl (C=O) groups is 2. The zero-order chi connectivity index (χ0) is 17.4. The van der Waals surface area contributed by atoms with Crippen molar-refractivity contribution in [2.45, 2.75) is 26.2 Å². The van der Waals surface area contributed by atoms with E-state index in [2.05, 4.69) is 12.2 Å². The van der Waals surface area contributed by atoms with Crippen molar-refractivity contribution >= 4 is 28.2 Å². The molecular formula is C17H16F2N2O2S. The van der Waals surface area contributed by atoms with Gasteiger partial charge in [-0.25, -0.2) is 8.78 Å². The number of nitrogens with one attached hydrogen (secondary N) is 1. The second-order valence-corrected chi connectivity index (χ2v) is 7.08. The molecule has 7 heteroatoms. The molecule has 1 atom stereocenters. The van der Waals surface area contributed by atoms with Gasteiger partial charge < -0.3 is 11.1 Å². The fourth-order valence-electron chi connectivity index (χ4n) is 2.98. The second kappa shape index (κ2) is 6.32. The van der Waals surface area contributed by atoms with Gasteiger partial charge in [0, 0.05) is 4.88 Å². The maximum Gasteiger partial charge on any atom is 0.262 e. The molecule has 1 aromatic heterocycles. The van der Waals surface area contributed by atoms with Crippen LogP contribution in [0.5, 0.6) is 0 Å². The minimum absolute atomic E-state index is 0.256. The van der Waals surface area contributed by atoms with Gasteiger partial charge in [0.15, 0.2) is 0 Å². The highest BCUT2D eigenvalue weighted by Gasteiger charge is 2.28. The summed E-state index contributed by atoms with van der Waals surface area (Å²) in [5, 5.41) is 2.72. The van der Waals surface area contributed by atoms with Gasteiger partial charge in [-0.3, -0.25) is 9.59 Å². The quantitative estimate of drug-likeness (QED) is 0.889. The van der Waals surface area contributed by atoms with Crippen LogP contribution >= 0.6 is 11.3 Å². The third-order valence-corrected chi connectivity index (χ3v) is 5.34. The van der Waals surface area contributed by atoms with E-state index < -0.39 is 29.0 Å². The number of primary amides is 1. The number of fused-ring (bicyclic) bond motifs is 1. The molecule has 24 heavy (non-hydrogen) atoms. The van der Waals surface area contributed by atoms with E-state index in [4.69, 9.17) is 5.73 Å². The molecule has 4 nitrogen and oxygen atoms in total. The molecule has 126 valence electrons. The van der Waals surface area contributed by atoms with Crippen molar-refractivity contribution in [2.75, 3.05) is 5.32 Å². The normalized spacial score (nSPS) is 16.5. The van der Waals surface area contributed by atoms with Gasteiger partial charge in [0.25, 0.3) is 11.8 Å². The average Bonchev–Trinajstić information content (AvgIpc) is 2.83. The summed E-state index contributed by atoms with van der Waals surface area (Å²) in [7, 11) is 0. The summed E-state index contributed by atoms with van der Waals surface area (Å²) < 4.78 is 27.5. The molecule has 3 rings (SSSR count). The Hall–Kier alpha value is -2.28. The van der Waals surface area contributed by atoms with Gasteiger partial charge in [0.2, 0.25) is 0 Å². The lowest BCUT2D eigenvalue weighted by molar-refractivity contribution is 0.1000. The molecule has 0 saturated heterocycles. The van der Waals surface area contributed by atoms with Crippen LogP contribution in [-0.2, 0) is 12.8 Å². The maximum absolute atomic E-state index is 13.8. The molecule has 0 fully saturated rings. The van der Waals surface area contributed by atoms with Gasteiger partial charge in [-0.2, -0.15) is 0 Å². The summed E-state index contributed by atoms with van der Waals surface area (Å²) in [5.74, 6) is -3.01. The van der Waals surface area contributed by atoms with Crippen molar-refractivity contribution in [1.29, 1.82) is 0 Å². The largest absolute Gasteiger partial charge is 0.365 e. The van der Waals surface area contributed by atoms with E-state index in [9.17, 15) is 18.4 Å². The van der Waals surface area contributed by atoms with Gasteiger partial charge in [-0.1, -0.05) is 13.0 Å². The third-order valence-electron chi connectivity index (χ3n) is 4.17. The van der Waals surface area contributed by atoms with Crippen LogP contribution in [0.25, 0.3) is 0 Å². The van der Waals surface area contributed by atoms with Crippen molar-refractivity contribution < 1.29 is 18.4 Å². The topological polar surface area (TPSA) is 72.2 Å². The maximum atomic E-state index is 13.8. The number of thiophene rings is 1. The summed E-state index contributed by atoms with van der Waals surface area (Å²) in [6, 6.07) is 3.20. The first kappa shape index (κ1) is 16.6. The van der Waals surface area contributed by atoms with E-state index >= 15 is 0 Å². The molecule has 0 spiro atoms. The molecule has 2 aromatic rings. The van der Waals surface area contributed by atoms with Crippen LogP contribution in [0.4, 0.5) is 13.8 Å². The fraction of sp³-hybridized carbons (Fsp3) is 0.294. The molecule has 2 amide bonds. The Kier molecular flexibility index (Phi) is 4.36. The number of carbonyl (C=O) groups excluding carboxylic acids is 2. The Morgan fingerprint density at radius 3 is 2.54 bits per heavy atom. The second-order valence-electron chi connectivity index (χ2n) is 5.97. The first-order valence-corrected chi connectivity index (χ1v) is 8.39. The minimum Gasteiger partial charge on any atom is -0.365 e.